The highest BCUT2D eigenvalue weighted by Gasteiger charge is 2.12. The van der Waals surface area contributed by atoms with Gasteiger partial charge >= 0.3 is 0 Å². The molecule has 0 atom stereocenters. The van der Waals surface area contributed by atoms with Crippen LogP contribution < -0.4 is 4.80 Å². The Morgan fingerprint density at radius 3 is 2.27 bits per heavy atom. The zero-order chi connectivity index (χ0) is 18.8. The monoisotopic (exact) mass is 367 g/mol. The van der Waals surface area contributed by atoms with Gasteiger partial charge in [-0.3, -0.25) is 14.9 Å². The van der Waals surface area contributed by atoms with Gasteiger partial charge < -0.3 is 4.57 Å². The molecule has 0 fully saturated rings. The van der Waals surface area contributed by atoms with Crippen molar-refractivity contribution in [2.75, 3.05) is 0 Å². The summed E-state index contributed by atoms with van der Waals surface area (Å²) in [7, 11) is 1.88. The maximum absolute atomic E-state index is 12.4. The normalized spacial score (nSPS) is 11.6. The second kappa shape index (κ2) is 7.05. The van der Waals surface area contributed by atoms with E-state index in [2.05, 4.69) is 4.99 Å². The predicted molar refractivity (Wildman–Crippen MR) is 101 cm³/mol. The molecule has 2 aromatic carbocycles. The minimum absolute atomic E-state index is 0.0549. The first-order chi connectivity index (χ1) is 12.4. The standard InChI is InChI=1S/C19H17N3O3S/c1-12-4-6-14(7-5-12)17-13(2)26-19(21(17)3)20-18(23)15-8-10-16(11-9-15)22(24)25/h4-11H,1-3H3. The lowest BCUT2D eigenvalue weighted by Gasteiger charge is -2.05. The molecule has 0 radical (unpaired) electrons. The van der Waals surface area contributed by atoms with E-state index in [-0.39, 0.29) is 5.69 Å². The van der Waals surface area contributed by atoms with Crippen molar-refractivity contribution < 1.29 is 9.72 Å². The smallest absolute Gasteiger partial charge is 0.279 e. The zero-order valence-corrected chi connectivity index (χ0v) is 15.4. The van der Waals surface area contributed by atoms with Crippen LogP contribution in [0.25, 0.3) is 11.3 Å². The van der Waals surface area contributed by atoms with Gasteiger partial charge in [0.1, 0.15) is 0 Å². The Kier molecular flexibility index (Phi) is 4.81. The SMILES string of the molecule is Cc1ccc(-c2c(C)sc(=NC(=O)c3ccc([N+](=O)[O-])cc3)n2C)cc1. The van der Waals surface area contributed by atoms with E-state index < -0.39 is 10.8 Å². The van der Waals surface area contributed by atoms with E-state index in [0.29, 0.717) is 10.4 Å². The summed E-state index contributed by atoms with van der Waals surface area (Å²) in [4.78, 5) is 28.5. The highest BCUT2D eigenvalue weighted by molar-refractivity contribution is 7.09. The van der Waals surface area contributed by atoms with Gasteiger partial charge in [0, 0.05) is 29.6 Å². The Morgan fingerprint density at radius 2 is 1.69 bits per heavy atom. The fraction of sp³-hybridized carbons (Fsp3) is 0.158. The Hall–Kier alpha value is -3.06. The molecule has 0 aliphatic rings. The number of nitrogens with zero attached hydrogens (tertiary/aromatic N) is 3. The predicted octanol–water partition coefficient (Wildman–Crippen LogP) is 4.02. The number of hydrogen-bond acceptors (Lipinski definition) is 4. The number of non-ortho nitro benzene ring substituents is 1. The largest absolute Gasteiger partial charge is 0.319 e. The number of amides is 1. The average Bonchev–Trinajstić information content (AvgIpc) is 2.89. The maximum Gasteiger partial charge on any atom is 0.279 e. The third-order valence-electron chi connectivity index (χ3n) is 4.05. The van der Waals surface area contributed by atoms with Crippen LogP contribution in [-0.4, -0.2) is 15.4 Å². The number of aryl methyl sites for hydroxylation is 2. The van der Waals surface area contributed by atoms with Gasteiger partial charge in [0.05, 0.1) is 10.6 Å². The molecule has 1 heterocycles. The van der Waals surface area contributed by atoms with Crippen LogP contribution >= 0.6 is 11.3 Å². The molecule has 3 rings (SSSR count). The van der Waals surface area contributed by atoms with Gasteiger partial charge in [-0.25, -0.2) is 0 Å². The van der Waals surface area contributed by atoms with E-state index >= 15 is 0 Å². The molecule has 26 heavy (non-hydrogen) atoms. The summed E-state index contributed by atoms with van der Waals surface area (Å²) in [5.74, 6) is -0.424. The summed E-state index contributed by atoms with van der Waals surface area (Å²) in [6.45, 7) is 4.03. The number of rotatable bonds is 3. The first-order valence-corrected chi connectivity index (χ1v) is 8.75. The number of hydrogen-bond donors (Lipinski definition) is 0. The number of thiazole rings is 1. The summed E-state index contributed by atoms with van der Waals surface area (Å²) < 4.78 is 1.90. The van der Waals surface area contributed by atoms with Crippen LogP contribution in [0.4, 0.5) is 5.69 Å². The molecule has 1 aromatic heterocycles. The van der Waals surface area contributed by atoms with E-state index in [1.165, 1.54) is 41.2 Å². The van der Waals surface area contributed by atoms with Gasteiger partial charge in [-0.1, -0.05) is 29.8 Å². The van der Waals surface area contributed by atoms with Crippen molar-refractivity contribution in [3.05, 3.63) is 79.5 Å². The zero-order valence-electron chi connectivity index (χ0n) is 14.6. The lowest BCUT2D eigenvalue weighted by atomic mass is 10.1. The number of carbonyl (C=O) groups is 1. The first-order valence-electron chi connectivity index (χ1n) is 7.94. The summed E-state index contributed by atoms with van der Waals surface area (Å²) >= 11 is 1.44. The minimum atomic E-state index is -0.498. The van der Waals surface area contributed by atoms with Crippen LogP contribution in [0.5, 0.6) is 0 Å². The van der Waals surface area contributed by atoms with Crippen molar-refractivity contribution in [1.29, 1.82) is 0 Å². The third kappa shape index (κ3) is 3.48. The van der Waals surface area contributed by atoms with Crippen molar-refractivity contribution in [2.24, 2.45) is 12.0 Å². The van der Waals surface area contributed by atoms with E-state index in [9.17, 15) is 14.9 Å². The van der Waals surface area contributed by atoms with Crippen molar-refractivity contribution in [1.82, 2.24) is 4.57 Å². The molecule has 0 bridgehead atoms. The average molecular weight is 367 g/mol. The van der Waals surface area contributed by atoms with Gasteiger partial charge in [-0.15, -0.1) is 11.3 Å². The summed E-state index contributed by atoms with van der Waals surface area (Å²) in [6.07, 6.45) is 0. The summed E-state index contributed by atoms with van der Waals surface area (Å²) in [6, 6.07) is 13.6. The fourth-order valence-electron chi connectivity index (χ4n) is 2.67. The van der Waals surface area contributed by atoms with Crippen molar-refractivity contribution in [2.45, 2.75) is 13.8 Å². The van der Waals surface area contributed by atoms with Crippen LogP contribution in [0.1, 0.15) is 20.8 Å². The topological polar surface area (TPSA) is 77.5 Å². The van der Waals surface area contributed by atoms with Gasteiger partial charge in [0.2, 0.25) is 0 Å². The number of nitro benzene ring substituents is 1. The first kappa shape index (κ1) is 17.8. The van der Waals surface area contributed by atoms with Crippen molar-refractivity contribution in [3.63, 3.8) is 0 Å². The van der Waals surface area contributed by atoms with E-state index in [4.69, 9.17) is 0 Å². The van der Waals surface area contributed by atoms with Crippen molar-refractivity contribution in [3.8, 4) is 11.3 Å². The quantitative estimate of drug-likeness (QED) is 0.518. The summed E-state index contributed by atoms with van der Waals surface area (Å²) in [5, 5.41) is 10.7. The van der Waals surface area contributed by atoms with Crippen molar-refractivity contribution >= 4 is 22.9 Å². The Bertz CT molecular complexity index is 1050. The lowest BCUT2D eigenvalue weighted by Crippen LogP contribution is -2.14. The van der Waals surface area contributed by atoms with Gasteiger partial charge in [0.15, 0.2) is 4.80 Å². The second-order valence-electron chi connectivity index (χ2n) is 5.94. The second-order valence-corrected chi connectivity index (χ2v) is 7.12. The third-order valence-corrected chi connectivity index (χ3v) is 5.09. The maximum atomic E-state index is 12.4. The Balaban J connectivity index is 1.99. The number of carbonyl (C=O) groups excluding carboxylic acids is 1. The highest BCUT2D eigenvalue weighted by Crippen LogP contribution is 2.24. The fourth-order valence-corrected chi connectivity index (χ4v) is 3.65. The molecule has 1 amide bonds. The molecular weight excluding hydrogens is 350 g/mol. The van der Waals surface area contributed by atoms with E-state index in [1.54, 1.807) is 0 Å². The molecular formula is C19H17N3O3S. The molecule has 132 valence electrons. The molecule has 0 aliphatic carbocycles. The number of aromatic nitrogens is 1. The highest BCUT2D eigenvalue weighted by atomic mass is 32.1. The Morgan fingerprint density at radius 1 is 1.08 bits per heavy atom. The molecule has 0 spiro atoms. The molecule has 7 heteroatoms. The minimum Gasteiger partial charge on any atom is -0.319 e. The molecule has 0 saturated carbocycles. The summed E-state index contributed by atoms with van der Waals surface area (Å²) in [5.41, 5.74) is 3.53. The van der Waals surface area contributed by atoms with Crippen LogP contribution in [-0.2, 0) is 7.05 Å². The van der Waals surface area contributed by atoms with Gasteiger partial charge in [-0.2, -0.15) is 4.99 Å². The van der Waals surface area contributed by atoms with E-state index in [0.717, 1.165) is 16.1 Å². The van der Waals surface area contributed by atoms with Gasteiger partial charge in [-0.05, 0) is 31.5 Å². The number of benzene rings is 2. The van der Waals surface area contributed by atoms with Crippen LogP contribution in [0.15, 0.2) is 53.5 Å². The van der Waals surface area contributed by atoms with E-state index in [1.807, 2.05) is 49.7 Å². The molecule has 0 N–H and O–H groups in total. The molecule has 0 aliphatic heterocycles. The lowest BCUT2D eigenvalue weighted by molar-refractivity contribution is -0.384. The molecule has 0 saturated heterocycles. The molecule has 0 unspecified atom stereocenters. The van der Waals surface area contributed by atoms with Gasteiger partial charge in [0.25, 0.3) is 11.6 Å². The van der Waals surface area contributed by atoms with Crippen LogP contribution in [0, 0.1) is 24.0 Å². The molecule has 6 nitrogen and oxygen atoms in total. The van der Waals surface area contributed by atoms with Crippen LogP contribution in [0.3, 0.4) is 0 Å². The Labute approximate surface area is 154 Å². The molecule has 3 aromatic rings. The van der Waals surface area contributed by atoms with Crippen LogP contribution in [0.2, 0.25) is 0 Å². The number of nitro groups is 1.